The number of amides is 1. The summed E-state index contributed by atoms with van der Waals surface area (Å²) in [6.07, 6.45) is 0.899. The molecule has 1 rings (SSSR count). The van der Waals surface area contributed by atoms with Crippen LogP contribution in [0, 0.1) is 0 Å². The lowest BCUT2D eigenvalue weighted by Gasteiger charge is -2.05. The predicted octanol–water partition coefficient (Wildman–Crippen LogP) is 3.29. The van der Waals surface area contributed by atoms with Crippen molar-refractivity contribution in [2.45, 2.75) is 5.75 Å². The molecule has 0 fully saturated rings. The van der Waals surface area contributed by atoms with Crippen LogP contribution in [0.3, 0.4) is 0 Å². The van der Waals surface area contributed by atoms with Crippen molar-refractivity contribution in [2.75, 3.05) is 11.6 Å². The van der Waals surface area contributed by atoms with Crippen LogP contribution in [0.1, 0.15) is 5.56 Å². The molecular weight excluding hydrogens is 222 g/mol. The molecule has 5 heteroatoms. The Balaban J connectivity index is 2.88. The molecule has 0 heterocycles. The Bertz CT molecular complexity index is 344. The van der Waals surface area contributed by atoms with Crippen LogP contribution in [-0.2, 0) is 5.75 Å². The van der Waals surface area contributed by atoms with Crippen molar-refractivity contribution >= 4 is 35.1 Å². The highest BCUT2D eigenvalue weighted by Crippen LogP contribution is 2.23. The van der Waals surface area contributed by atoms with E-state index >= 15 is 0 Å². The van der Waals surface area contributed by atoms with E-state index in [9.17, 15) is 4.79 Å². The minimum Gasteiger partial charge on any atom is -0.465 e. The lowest BCUT2D eigenvalue weighted by molar-refractivity contribution is 0.210. The Morgan fingerprint density at radius 1 is 1.64 bits per heavy atom. The first-order valence-electron chi connectivity index (χ1n) is 3.91. The standard InChI is InChI=1S/C9H10ClNO2S/c1-14-5-6-4-7(11-9(12)13)2-3-8(6)10/h2-4,11H,5H2,1H3,(H,12,13). The van der Waals surface area contributed by atoms with Gasteiger partial charge >= 0.3 is 6.09 Å². The summed E-state index contributed by atoms with van der Waals surface area (Å²) in [5.74, 6) is 0.772. The molecule has 14 heavy (non-hydrogen) atoms. The van der Waals surface area contributed by atoms with Gasteiger partial charge in [-0.2, -0.15) is 11.8 Å². The van der Waals surface area contributed by atoms with E-state index in [1.54, 1.807) is 30.0 Å². The minimum atomic E-state index is -1.07. The van der Waals surface area contributed by atoms with Gasteiger partial charge in [0, 0.05) is 16.5 Å². The largest absolute Gasteiger partial charge is 0.465 e. The second-order valence-corrected chi connectivity index (χ2v) is 3.94. The van der Waals surface area contributed by atoms with Crippen molar-refractivity contribution in [1.82, 2.24) is 0 Å². The van der Waals surface area contributed by atoms with Gasteiger partial charge < -0.3 is 5.11 Å². The van der Waals surface area contributed by atoms with E-state index in [0.29, 0.717) is 10.7 Å². The average Bonchev–Trinajstić information content (AvgIpc) is 2.10. The number of thioether (sulfide) groups is 1. The van der Waals surface area contributed by atoms with Crippen molar-refractivity contribution in [3.05, 3.63) is 28.8 Å². The van der Waals surface area contributed by atoms with Crippen LogP contribution in [0.5, 0.6) is 0 Å². The van der Waals surface area contributed by atoms with Crippen molar-refractivity contribution < 1.29 is 9.90 Å². The van der Waals surface area contributed by atoms with Gasteiger partial charge in [0.15, 0.2) is 0 Å². The second-order valence-electron chi connectivity index (χ2n) is 2.67. The first-order valence-corrected chi connectivity index (χ1v) is 5.68. The van der Waals surface area contributed by atoms with Gasteiger partial charge in [0.05, 0.1) is 0 Å². The zero-order valence-electron chi connectivity index (χ0n) is 7.58. The molecule has 0 saturated carbocycles. The van der Waals surface area contributed by atoms with Gasteiger partial charge in [-0.25, -0.2) is 4.79 Å². The lowest BCUT2D eigenvalue weighted by atomic mass is 10.2. The summed E-state index contributed by atoms with van der Waals surface area (Å²) < 4.78 is 0. The Kier molecular flexibility index (Phi) is 4.10. The normalized spacial score (nSPS) is 9.86. The minimum absolute atomic E-state index is 0.547. The molecule has 1 aromatic rings. The van der Waals surface area contributed by atoms with Gasteiger partial charge in [0.25, 0.3) is 0 Å². The lowest BCUT2D eigenvalue weighted by Crippen LogP contribution is -2.07. The Morgan fingerprint density at radius 3 is 2.93 bits per heavy atom. The Morgan fingerprint density at radius 2 is 2.36 bits per heavy atom. The van der Waals surface area contributed by atoms with Crippen molar-refractivity contribution in [1.29, 1.82) is 0 Å². The molecule has 0 aliphatic carbocycles. The molecule has 1 aromatic carbocycles. The molecule has 0 aliphatic heterocycles. The number of nitrogens with one attached hydrogen (secondary N) is 1. The van der Waals surface area contributed by atoms with Crippen LogP contribution in [0.25, 0.3) is 0 Å². The fourth-order valence-electron chi connectivity index (χ4n) is 1.04. The SMILES string of the molecule is CSCc1cc(NC(=O)O)ccc1Cl. The molecule has 0 radical (unpaired) electrons. The molecule has 0 spiro atoms. The molecule has 2 N–H and O–H groups in total. The monoisotopic (exact) mass is 231 g/mol. The van der Waals surface area contributed by atoms with E-state index in [1.807, 2.05) is 6.26 Å². The third kappa shape index (κ3) is 3.12. The number of carboxylic acid groups (broad SMARTS) is 1. The second kappa shape index (κ2) is 5.12. The molecule has 76 valence electrons. The van der Waals surface area contributed by atoms with Crippen molar-refractivity contribution in [3.8, 4) is 0 Å². The van der Waals surface area contributed by atoms with Gasteiger partial charge in [-0.05, 0) is 30.0 Å². The molecule has 0 aliphatic rings. The highest BCUT2D eigenvalue weighted by molar-refractivity contribution is 7.97. The van der Waals surface area contributed by atoms with E-state index in [-0.39, 0.29) is 0 Å². The van der Waals surface area contributed by atoms with Gasteiger partial charge in [-0.15, -0.1) is 0 Å². The highest BCUT2D eigenvalue weighted by atomic mass is 35.5. The smallest absolute Gasteiger partial charge is 0.409 e. The van der Waals surface area contributed by atoms with Crippen LogP contribution in [-0.4, -0.2) is 17.5 Å². The van der Waals surface area contributed by atoms with Crippen LogP contribution < -0.4 is 5.32 Å². The summed E-state index contributed by atoms with van der Waals surface area (Å²) in [7, 11) is 0. The van der Waals surface area contributed by atoms with E-state index in [1.165, 1.54) is 0 Å². The van der Waals surface area contributed by atoms with Crippen LogP contribution in [0.15, 0.2) is 18.2 Å². The highest BCUT2D eigenvalue weighted by Gasteiger charge is 2.03. The van der Waals surface area contributed by atoms with E-state index in [4.69, 9.17) is 16.7 Å². The molecule has 0 atom stereocenters. The Hall–Kier alpha value is -0.870. The maximum Gasteiger partial charge on any atom is 0.409 e. The fraction of sp³-hybridized carbons (Fsp3) is 0.222. The quantitative estimate of drug-likeness (QED) is 0.839. The molecule has 0 unspecified atom stereocenters. The van der Waals surface area contributed by atoms with Gasteiger partial charge in [-0.1, -0.05) is 11.6 Å². The number of carbonyl (C=O) groups is 1. The van der Waals surface area contributed by atoms with Gasteiger partial charge in [0.1, 0.15) is 0 Å². The number of hydrogen-bond donors (Lipinski definition) is 2. The van der Waals surface area contributed by atoms with Crippen molar-refractivity contribution in [3.63, 3.8) is 0 Å². The fourth-order valence-corrected chi connectivity index (χ4v) is 1.86. The number of halogens is 1. The molecule has 1 amide bonds. The van der Waals surface area contributed by atoms with E-state index in [2.05, 4.69) is 5.32 Å². The maximum absolute atomic E-state index is 10.4. The number of rotatable bonds is 3. The van der Waals surface area contributed by atoms with Gasteiger partial charge in [-0.3, -0.25) is 5.32 Å². The topological polar surface area (TPSA) is 49.3 Å². The van der Waals surface area contributed by atoms with E-state index in [0.717, 1.165) is 11.3 Å². The molecule has 0 aromatic heterocycles. The number of hydrogen-bond acceptors (Lipinski definition) is 2. The summed E-state index contributed by atoms with van der Waals surface area (Å²) in [5.41, 5.74) is 1.48. The van der Waals surface area contributed by atoms with Crippen molar-refractivity contribution in [2.24, 2.45) is 0 Å². The third-order valence-corrected chi connectivity index (χ3v) is 2.57. The molecular formula is C9H10ClNO2S. The summed E-state index contributed by atoms with van der Waals surface area (Å²) in [6.45, 7) is 0. The zero-order valence-corrected chi connectivity index (χ0v) is 9.15. The molecule has 0 saturated heterocycles. The van der Waals surface area contributed by atoms with Crippen LogP contribution in [0.4, 0.5) is 10.5 Å². The summed E-state index contributed by atoms with van der Waals surface area (Å²) in [4.78, 5) is 10.4. The zero-order chi connectivity index (χ0) is 10.6. The third-order valence-electron chi connectivity index (χ3n) is 1.60. The van der Waals surface area contributed by atoms with Crippen LogP contribution in [0.2, 0.25) is 5.02 Å². The summed E-state index contributed by atoms with van der Waals surface area (Å²) >= 11 is 7.56. The number of benzene rings is 1. The van der Waals surface area contributed by atoms with E-state index < -0.39 is 6.09 Å². The first kappa shape index (κ1) is 11.2. The first-order chi connectivity index (χ1) is 6.63. The average molecular weight is 232 g/mol. The molecule has 0 bridgehead atoms. The summed E-state index contributed by atoms with van der Waals surface area (Å²) in [5, 5.41) is 11.4. The maximum atomic E-state index is 10.4. The van der Waals surface area contributed by atoms with Crippen LogP contribution >= 0.6 is 23.4 Å². The predicted molar refractivity (Wildman–Crippen MR) is 60.3 cm³/mol. The summed E-state index contributed by atoms with van der Waals surface area (Å²) in [6, 6.07) is 5.08. The molecule has 3 nitrogen and oxygen atoms in total. The Labute approximate surface area is 91.5 Å². The number of anilines is 1. The van der Waals surface area contributed by atoms with Gasteiger partial charge in [0.2, 0.25) is 0 Å².